The molecule has 1 aliphatic heterocycles. The zero-order valence-corrected chi connectivity index (χ0v) is 13.2. The third-order valence-electron chi connectivity index (χ3n) is 3.64. The predicted octanol–water partition coefficient (Wildman–Crippen LogP) is 2.17. The van der Waals surface area contributed by atoms with Gasteiger partial charge in [0.05, 0.1) is 17.3 Å². The summed E-state index contributed by atoms with van der Waals surface area (Å²) in [6.07, 6.45) is 0.421. The number of carbonyl (C=O) groups is 3. The molecule has 0 aliphatic carbocycles. The van der Waals surface area contributed by atoms with Crippen LogP contribution in [-0.4, -0.2) is 40.2 Å². The number of amides is 2. The molecule has 0 unspecified atom stereocenters. The highest BCUT2D eigenvalue weighted by Gasteiger charge is 2.35. The molecule has 0 saturated heterocycles. The molecule has 1 N–H and O–H groups in total. The Hall–Kier alpha value is -3.48. The standard InChI is InChI=1S/C18H14N2O5/c1-11(18(23)24)25-13-8-6-12(7-9-13)10-19-20-16(21)14-4-2-3-5-15(14)17(20)22/h2-11H,1H3,(H,23,24)/b19-10-/t11-/m0/s1. The van der Waals surface area contributed by atoms with E-state index in [4.69, 9.17) is 9.84 Å². The van der Waals surface area contributed by atoms with Crippen LogP contribution in [0.2, 0.25) is 0 Å². The monoisotopic (exact) mass is 338 g/mol. The molecule has 0 bridgehead atoms. The van der Waals surface area contributed by atoms with E-state index in [1.54, 1.807) is 48.5 Å². The Morgan fingerprint density at radius 1 is 1.08 bits per heavy atom. The molecule has 2 amide bonds. The molecule has 126 valence electrons. The summed E-state index contributed by atoms with van der Waals surface area (Å²) in [4.78, 5) is 35.1. The largest absolute Gasteiger partial charge is 0.479 e. The number of hydrogen-bond acceptors (Lipinski definition) is 5. The number of carbonyl (C=O) groups excluding carboxylic acids is 2. The van der Waals surface area contributed by atoms with Crippen LogP contribution in [0.4, 0.5) is 0 Å². The Balaban J connectivity index is 1.72. The maximum atomic E-state index is 12.2. The van der Waals surface area contributed by atoms with Gasteiger partial charge in [0.25, 0.3) is 11.8 Å². The van der Waals surface area contributed by atoms with E-state index in [1.807, 2.05) is 0 Å². The summed E-state index contributed by atoms with van der Waals surface area (Å²) in [7, 11) is 0. The van der Waals surface area contributed by atoms with Crippen LogP contribution in [-0.2, 0) is 4.79 Å². The first-order chi connectivity index (χ1) is 12.0. The number of carboxylic acids is 1. The molecular formula is C18H14N2O5. The zero-order chi connectivity index (χ0) is 18.0. The third-order valence-corrected chi connectivity index (χ3v) is 3.64. The molecule has 2 aromatic carbocycles. The van der Waals surface area contributed by atoms with Crippen LogP contribution in [0, 0.1) is 0 Å². The smallest absolute Gasteiger partial charge is 0.344 e. The maximum Gasteiger partial charge on any atom is 0.344 e. The number of rotatable bonds is 5. The van der Waals surface area contributed by atoms with Crippen molar-refractivity contribution < 1.29 is 24.2 Å². The number of benzene rings is 2. The quantitative estimate of drug-likeness (QED) is 0.666. The molecule has 1 heterocycles. The number of nitrogens with zero attached hydrogens (tertiary/aromatic N) is 2. The van der Waals surface area contributed by atoms with Crippen LogP contribution in [0.15, 0.2) is 53.6 Å². The number of aliphatic carboxylic acids is 1. The van der Waals surface area contributed by atoms with Gasteiger partial charge < -0.3 is 9.84 Å². The second-order valence-corrected chi connectivity index (χ2v) is 5.38. The van der Waals surface area contributed by atoms with Crippen molar-refractivity contribution in [3.8, 4) is 5.75 Å². The van der Waals surface area contributed by atoms with Gasteiger partial charge in [-0.15, -0.1) is 0 Å². The van der Waals surface area contributed by atoms with Gasteiger partial charge >= 0.3 is 5.97 Å². The summed E-state index contributed by atoms with van der Waals surface area (Å²) in [5.41, 5.74) is 1.29. The van der Waals surface area contributed by atoms with Crippen LogP contribution < -0.4 is 4.74 Å². The minimum atomic E-state index is -1.06. The average Bonchev–Trinajstić information content (AvgIpc) is 2.85. The van der Waals surface area contributed by atoms with Gasteiger partial charge in [0.2, 0.25) is 0 Å². The first-order valence-corrected chi connectivity index (χ1v) is 7.48. The van der Waals surface area contributed by atoms with Crippen LogP contribution in [0.5, 0.6) is 5.75 Å². The number of imide groups is 1. The Bertz CT molecular complexity index is 838. The van der Waals surface area contributed by atoms with Gasteiger partial charge in [-0.2, -0.15) is 10.1 Å². The molecule has 0 fully saturated rings. The highest BCUT2D eigenvalue weighted by atomic mass is 16.5. The molecule has 2 aromatic rings. The summed E-state index contributed by atoms with van der Waals surface area (Å²) < 4.78 is 5.22. The van der Waals surface area contributed by atoms with Gasteiger partial charge in [0.1, 0.15) is 5.75 Å². The normalized spacial score (nSPS) is 14.7. The highest BCUT2D eigenvalue weighted by molar-refractivity contribution is 6.21. The van der Waals surface area contributed by atoms with Gasteiger partial charge in [0.15, 0.2) is 6.10 Å². The average molecular weight is 338 g/mol. The summed E-state index contributed by atoms with van der Waals surface area (Å²) >= 11 is 0. The molecule has 25 heavy (non-hydrogen) atoms. The van der Waals surface area contributed by atoms with Crippen molar-refractivity contribution in [3.63, 3.8) is 0 Å². The van der Waals surface area contributed by atoms with E-state index < -0.39 is 23.9 Å². The number of hydrogen-bond donors (Lipinski definition) is 1. The first-order valence-electron chi connectivity index (χ1n) is 7.48. The second kappa shape index (κ2) is 6.56. The van der Waals surface area contributed by atoms with E-state index in [1.165, 1.54) is 13.1 Å². The Labute approximate surface area is 143 Å². The fourth-order valence-corrected chi connectivity index (χ4v) is 2.29. The second-order valence-electron chi connectivity index (χ2n) is 5.38. The van der Waals surface area contributed by atoms with E-state index in [0.717, 1.165) is 5.01 Å². The van der Waals surface area contributed by atoms with Crippen LogP contribution in [0.3, 0.4) is 0 Å². The molecular weight excluding hydrogens is 324 g/mol. The van der Waals surface area contributed by atoms with Crippen molar-refractivity contribution in [2.75, 3.05) is 0 Å². The number of hydrazone groups is 1. The fourth-order valence-electron chi connectivity index (χ4n) is 2.29. The highest BCUT2D eigenvalue weighted by Crippen LogP contribution is 2.22. The fraction of sp³-hybridized carbons (Fsp3) is 0.111. The van der Waals surface area contributed by atoms with Gasteiger partial charge in [-0.3, -0.25) is 9.59 Å². The van der Waals surface area contributed by atoms with Crippen molar-refractivity contribution in [2.24, 2.45) is 5.10 Å². The molecule has 1 atom stereocenters. The molecule has 7 nitrogen and oxygen atoms in total. The van der Waals surface area contributed by atoms with Crippen LogP contribution >= 0.6 is 0 Å². The maximum absolute atomic E-state index is 12.2. The summed E-state index contributed by atoms with van der Waals surface area (Å²) in [5, 5.41) is 13.6. The third kappa shape index (κ3) is 3.25. The van der Waals surface area contributed by atoms with E-state index in [-0.39, 0.29) is 0 Å². The minimum absolute atomic E-state index is 0.330. The molecule has 0 radical (unpaired) electrons. The Morgan fingerprint density at radius 2 is 1.64 bits per heavy atom. The zero-order valence-electron chi connectivity index (χ0n) is 13.2. The van der Waals surface area contributed by atoms with Crippen molar-refractivity contribution in [3.05, 3.63) is 65.2 Å². The number of ether oxygens (including phenoxy) is 1. The van der Waals surface area contributed by atoms with Crippen molar-refractivity contribution in [1.82, 2.24) is 5.01 Å². The molecule has 0 spiro atoms. The lowest BCUT2D eigenvalue weighted by Crippen LogP contribution is -2.24. The lowest BCUT2D eigenvalue weighted by molar-refractivity contribution is -0.144. The molecule has 7 heteroatoms. The summed E-state index contributed by atoms with van der Waals surface area (Å²) in [5.74, 6) is -1.59. The van der Waals surface area contributed by atoms with Crippen molar-refractivity contribution >= 4 is 24.0 Å². The van der Waals surface area contributed by atoms with E-state index in [2.05, 4.69) is 5.10 Å². The number of carboxylic acid groups (broad SMARTS) is 1. The molecule has 1 aliphatic rings. The van der Waals surface area contributed by atoms with Crippen molar-refractivity contribution in [2.45, 2.75) is 13.0 Å². The Morgan fingerprint density at radius 3 is 2.16 bits per heavy atom. The first kappa shape index (κ1) is 16.4. The van der Waals surface area contributed by atoms with E-state index >= 15 is 0 Å². The minimum Gasteiger partial charge on any atom is -0.479 e. The lowest BCUT2D eigenvalue weighted by atomic mass is 10.1. The molecule has 0 saturated carbocycles. The van der Waals surface area contributed by atoms with Crippen molar-refractivity contribution in [1.29, 1.82) is 0 Å². The summed E-state index contributed by atoms with van der Waals surface area (Å²) in [6.45, 7) is 1.43. The molecule has 3 rings (SSSR count). The van der Waals surface area contributed by atoms with E-state index in [9.17, 15) is 14.4 Å². The van der Waals surface area contributed by atoms with Crippen LogP contribution in [0.1, 0.15) is 33.2 Å². The van der Waals surface area contributed by atoms with Gasteiger partial charge in [-0.25, -0.2) is 4.79 Å². The van der Waals surface area contributed by atoms with Crippen LogP contribution in [0.25, 0.3) is 0 Å². The van der Waals surface area contributed by atoms with Gasteiger partial charge in [-0.1, -0.05) is 12.1 Å². The lowest BCUT2D eigenvalue weighted by Gasteiger charge is -2.10. The van der Waals surface area contributed by atoms with Gasteiger partial charge in [0, 0.05) is 0 Å². The Kier molecular flexibility index (Phi) is 4.30. The summed E-state index contributed by atoms with van der Waals surface area (Å²) in [6, 6.07) is 13.0. The SMILES string of the molecule is C[C@H](Oc1ccc(/C=N\N2C(=O)c3ccccc3C2=O)cc1)C(=O)O. The molecule has 0 aromatic heterocycles. The predicted molar refractivity (Wildman–Crippen MR) is 88.7 cm³/mol. The van der Waals surface area contributed by atoms with Gasteiger partial charge in [-0.05, 0) is 48.9 Å². The number of fused-ring (bicyclic) bond motifs is 1. The van der Waals surface area contributed by atoms with E-state index in [0.29, 0.717) is 22.4 Å². The topological polar surface area (TPSA) is 96.3 Å².